The molecule has 0 bridgehead atoms. The third-order valence-electron chi connectivity index (χ3n) is 14.0. The highest BCUT2D eigenvalue weighted by atomic mass is 15.0. The van der Waals surface area contributed by atoms with Crippen LogP contribution in [-0.2, 0) is 0 Å². The number of pyridine rings is 1. The molecule has 0 amide bonds. The van der Waals surface area contributed by atoms with E-state index in [1.807, 2.05) is 117 Å². The van der Waals surface area contributed by atoms with Crippen LogP contribution in [0.4, 0.5) is 11.4 Å². The molecule has 3 heterocycles. The van der Waals surface area contributed by atoms with Crippen molar-refractivity contribution in [1.82, 2.24) is 14.1 Å². The molecule has 0 fully saturated rings. The molecule has 3 aromatic heterocycles. The number of benzene rings is 9. The zero-order valence-electron chi connectivity index (χ0n) is 40.1. The molecule has 0 atom stereocenters. The number of fused-ring (bicyclic) bond motifs is 6. The summed E-state index contributed by atoms with van der Waals surface area (Å²) in [6.45, 7) is 19.1. The highest BCUT2D eigenvalue weighted by Gasteiger charge is 2.24. The van der Waals surface area contributed by atoms with Gasteiger partial charge < -0.3 is 9.13 Å². The molecule has 0 N–H and O–H groups in total. The minimum Gasteiger partial charge on any atom is -0.309 e. The topological polar surface area (TPSA) is 103 Å². The Hall–Kier alpha value is -10.8. The van der Waals surface area contributed by atoms with Gasteiger partial charge in [-0.2, -0.15) is 15.8 Å². The summed E-state index contributed by atoms with van der Waals surface area (Å²) in [6.07, 6.45) is 0. The highest BCUT2D eigenvalue weighted by Crippen LogP contribution is 2.44. The summed E-state index contributed by atoms with van der Waals surface area (Å²) in [5, 5.41) is 34.9. The second-order valence-electron chi connectivity index (χ2n) is 18.4. The Morgan fingerprint density at radius 1 is 0.365 bits per heavy atom. The van der Waals surface area contributed by atoms with Crippen LogP contribution in [0.3, 0.4) is 0 Å². The van der Waals surface area contributed by atoms with Gasteiger partial charge >= 0.3 is 0 Å². The van der Waals surface area contributed by atoms with Gasteiger partial charge in [-0.05, 0) is 137 Å². The standard InChI is InChI=1S/C66H38N8/c1-40-29-52(30-41(2)72-40)60-36-61(73-62-31-48(44-9-5-42(37-67)6-10-44)17-25-56(62)57-26-19-50(32-63(57)73)46-13-21-54(70-3)22-14-46)53(39-69)35-66(60)74-64-33-49(45-11-7-43(38-68)8-12-45)18-27-58(64)59-28-20-51(34-65(59)74)47-15-23-55(71-4)24-16-47/h5-36H,1-2H3. The monoisotopic (exact) mass is 942 g/mol. The first-order chi connectivity index (χ1) is 36.2. The van der Waals surface area contributed by atoms with Gasteiger partial charge in [0.1, 0.15) is 6.07 Å². The molecule has 0 aliphatic heterocycles. The average molecular weight is 943 g/mol. The van der Waals surface area contributed by atoms with Crippen LogP contribution in [0.2, 0.25) is 0 Å². The molecule has 0 saturated carbocycles. The Balaban J connectivity index is 1.19. The van der Waals surface area contributed by atoms with Gasteiger partial charge in [0.05, 0.1) is 75.4 Å². The summed E-state index contributed by atoms with van der Waals surface area (Å²) in [7, 11) is 0. The van der Waals surface area contributed by atoms with E-state index in [0.29, 0.717) is 33.8 Å². The smallest absolute Gasteiger partial charge is 0.187 e. The quantitative estimate of drug-likeness (QED) is 0.148. The molecule has 0 aliphatic carbocycles. The first-order valence-electron chi connectivity index (χ1n) is 23.9. The summed E-state index contributed by atoms with van der Waals surface area (Å²) in [5.74, 6) is 0. The fraction of sp³-hybridized carbons (Fsp3) is 0.0303. The molecule has 74 heavy (non-hydrogen) atoms. The Morgan fingerprint density at radius 2 is 0.703 bits per heavy atom. The molecule has 8 heteroatoms. The van der Waals surface area contributed by atoms with Gasteiger partial charge in [0.25, 0.3) is 0 Å². The van der Waals surface area contributed by atoms with E-state index in [4.69, 9.17) is 18.1 Å². The fourth-order valence-corrected chi connectivity index (χ4v) is 10.5. The van der Waals surface area contributed by atoms with Crippen molar-refractivity contribution in [2.24, 2.45) is 0 Å². The van der Waals surface area contributed by atoms with Crippen LogP contribution in [0.15, 0.2) is 194 Å². The summed E-state index contributed by atoms with van der Waals surface area (Å²) < 4.78 is 4.49. The number of hydrogen-bond acceptors (Lipinski definition) is 4. The minimum atomic E-state index is 0.449. The maximum Gasteiger partial charge on any atom is 0.187 e. The van der Waals surface area contributed by atoms with Crippen molar-refractivity contribution in [2.45, 2.75) is 13.8 Å². The predicted octanol–water partition coefficient (Wildman–Crippen LogP) is 16.9. The van der Waals surface area contributed by atoms with Crippen molar-refractivity contribution in [3.8, 4) is 85.2 Å². The van der Waals surface area contributed by atoms with E-state index < -0.39 is 0 Å². The van der Waals surface area contributed by atoms with Crippen LogP contribution in [-0.4, -0.2) is 14.1 Å². The van der Waals surface area contributed by atoms with Gasteiger partial charge in [0.15, 0.2) is 11.4 Å². The van der Waals surface area contributed by atoms with Crippen molar-refractivity contribution in [3.63, 3.8) is 0 Å². The van der Waals surface area contributed by atoms with E-state index in [2.05, 4.69) is 128 Å². The number of rotatable bonds is 7. The average Bonchev–Trinajstić information content (AvgIpc) is 3.95. The lowest BCUT2D eigenvalue weighted by atomic mass is 9.98. The maximum atomic E-state index is 11.6. The molecule has 342 valence electrons. The van der Waals surface area contributed by atoms with Crippen molar-refractivity contribution in [2.75, 3.05) is 0 Å². The van der Waals surface area contributed by atoms with Gasteiger partial charge in [0, 0.05) is 38.5 Å². The third kappa shape index (κ3) is 7.56. The number of nitrogens with zero attached hydrogens (tertiary/aromatic N) is 8. The number of aryl methyl sites for hydroxylation is 2. The summed E-state index contributed by atoms with van der Waals surface area (Å²) in [6, 6.07) is 71.7. The van der Waals surface area contributed by atoms with Gasteiger partial charge in [0.2, 0.25) is 0 Å². The summed E-state index contributed by atoms with van der Waals surface area (Å²) in [4.78, 5) is 12.1. The fourth-order valence-electron chi connectivity index (χ4n) is 10.5. The van der Waals surface area contributed by atoms with E-state index in [9.17, 15) is 15.8 Å². The van der Waals surface area contributed by atoms with Crippen LogP contribution in [0.1, 0.15) is 28.1 Å². The van der Waals surface area contributed by atoms with Gasteiger partial charge in [-0.25, -0.2) is 9.69 Å². The van der Waals surface area contributed by atoms with Crippen LogP contribution >= 0.6 is 0 Å². The Kier molecular flexibility index (Phi) is 10.7. The van der Waals surface area contributed by atoms with Crippen LogP contribution in [0.5, 0.6) is 0 Å². The first-order valence-corrected chi connectivity index (χ1v) is 23.9. The van der Waals surface area contributed by atoms with Gasteiger partial charge in [-0.3, -0.25) is 4.98 Å². The predicted molar refractivity (Wildman–Crippen MR) is 296 cm³/mol. The number of hydrogen-bond donors (Lipinski definition) is 0. The van der Waals surface area contributed by atoms with Gasteiger partial charge in [-0.1, -0.05) is 121 Å². The minimum absolute atomic E-state index is 0.449. The van der Waals surface area contributed by atoms with Crippen molar-refractivity contribution < 1.29 is 0 Å². The Bertz CT molecular complexity index is 4270. The summed E-state index contributed by atoms with van der Waals surface area (Å²) in [5.41, 5.74) is 19.1. The van der Waals surface area contributed by atoms with Gasteiger partial charge in [-0.15, -0.1) is 0 Å². The normalized spacial score (nSPS) is 11.0. The van der Waals surface area contributed by atoms with Crippen LogP contribution < -0.4 is 0 Å². The first kappa shape index (κ1) is 44.4. The SMILES string of the molecule is [C-]#[N+]c1ccc(-c2ccc3c4ccc(-c5ccc(C#N)cc5)cc4n(-c4cc(-c5cc(C)nc(C)c5)c(-n5c6cc(-c7ccc(C#N)cc7)ccc6c6ccc(-c7ccc([N+]#[C-])cc7)cc65)cc4C#N)c3c2)cc1. The molecule has 0 unspecified atom stereocenters. The van der Waals surface area contributed by atoms with Crippen molar-refractivity contribution in [3.05, 3.63) is 245 Å². The second kappa shape index (κ2) is 17.9. The molecule has 12 aromatic rings. The third-order valence-corrected chi connectivity index (χ3v) is 14.0. The Morgan fingerprint density at radius 3 is 1.04 bits per heavy atom. The zero-order valence-corrected chi connectivity index (χ0v) is 40.1. The molecule has 12 rings (SSSR count). The van der Waals surface area contributed by atoms with E-state index in [1.165, 1.54) is 0 Å². The Labute approximate surface area is 427 Å². The van der Waals surface area contributed by atoms with Crippen molar-refractivity contribution >= 4 is 55.0 Å². The van der Waals surface area contributed by atoms with E-state index in [0.717, 1.165) is 116 Å². The van der Waals surface area contributed by atoms with Crippen LogP contribution in [0.25, 0.3) is 120 Å². The lowest BCUT2D eigenvalue weighted by Crippen LogP contribution is -2.04. The molecule has 0 spiro atoms. The highest BCUT2D eigenvalue weighted by molar-refractivity contribution is 6.13. The molecule has 0 aliphatic rings. The number of aromatic nitrogens is 3. The second-order valence-corrected chi connectivity index (χ2v) is 18.4. The maximum absolute atomic E-state index is 11.6. The molecular weight excluding hydrogens is 905 g/mol. The molecule has 9 aromatic carbocycles. The molecule has 0 saturated heterocycles. The lowest BCUT2D eigenvalue weighted by Gasteiger charge is -2.20. The molecular formula is C66H38N8. The van der Waals surface area contributed by atoms with E-state index >= 15 is 0 Å². The molecule has 0 radical (unpaired) electrons. The van der Waals surface area contributed by atoms with Crippen LogP contribution in [0, 0.1) is 61.0 Å². The lowest BCUT2D eigenvalue weighted by molar-refractivity contribution is 1.11. The number of nitriles is 3. The van der Waals surface area contributed by atoms with Crippen molar-refractivity contribution in [1.29, 1.82) is 15.8 Å². The zero-order chi connectivity index (χ0) is 50.6. The van der Waals surface area contributed by atoms with E-state index in [1.54, 1.807) is 0 Å². The largest absolute Gasteiger partial charge is 0.309 e. The summed E-state index contributed by atoms with van der Waals surface area (Å²) >= 11 is 0. The van der Waals surface area contributed by atoms with E-state index in [-0.39, 0.29) is 0 Å². The molecule has 8 nitrogen and oxygen atoms in total.